The molecule has 1 aromatic heterocycles. The fourth-order valence-corrected chi connectivity index (χ4v) is 2.40. The van der Waals surface area contributed by atoms with Crippen LogP contribution in [0.2, 0.25) is 0 Å². The Labute approximate surface area is 123 Å². The number of carbonyl (C=O) groups excluding carboxylic acids is 1. The van der Waals surface area contributed by atoms with E-state index < -0.39 is 21.8 Å². The fraction of sp³-hybridized carbons (Fsp3) is 0.154. The zero-order chi connectivity index (χ0) is 16.5. The second-order valence-electron chi connectivity index (χ2n) is 4.43. The molecule has 0 radical (unpaired) electrons. The van der Waals surface area contributed by atoms with E-state index >= 15 is 0 Å². The summed E-state index contributed by atoms with van der Waals surface area (Å²) in [6.45, 7) is 0. The predicted octanol–water partition coefficient (Wildman–Crippen LogP) is 2.38. The Balaban J connectivity index is 2.51. The zero-order valence-corrected chi connectivity index (χ0v) is 11.9. The minimum atomic E-state index is -4.66. The first-order valence-corrected chi connectivity index (χ1v) is 7.71. The lowest BCUT2D eigenvalue weighted by molar-refractivity contribution is -0.144. The Morgan fingerprint density at radius 3 is 2.18 bits per heavy atom. The van der Waals surface area contributed by atoms with E-state index in [4.69, 9.17) is 0 Å². The summed E-state index contributed by atoms with van der Waals surface area (Å²) in [7, 11) is -3.50. The maximum atomic E-state index is 12.4. The molecule has 0 bridgehead atoms. The average Bonchev–Trinajstić information content (AvgIpc) is 2.45. The van der Waals surface area contributed by atoms with Crippen LogP contribution in [0.25, 0.3) is 11.1 Å². The number of rotatable bonds is 3. The van der Waals surface area contributed by atoms with Gasteiger partial charge in [0.1, 0.15) is 0 Å². The molecule has 0 aliphatic carbocycles. The summed E-state index contributed by atoms with van der Waals surface area (Å²) >= 11 is 0. The van der Waals surface area contributed by atoms with Crippen LogP contribution < -0.4 is 0 Å². The van der Waals surface area contributed by atoms with Crippen LogP contribution in [0, 0.1) is 0 Å². The normalized spacial score (nSPS) is 12.2. The van der Waals surface area contributed by atoms with Crippen molar-refractivity contribution in [3.05, 3.63) is 42.0 Å². The molecule has 0 N–H and O–H groups in total. The van der Waals surface area contributed by atoms with Gasteiger partial charge in [0.25, 0.3) is 0 Å². The number of carbonyl (C=O) groups is 1. The minimum absolute atomic E-state index is 0.0197. The molecule has 0 fully saturated rings. The first-order chi connectivity index (χ1) is 10.1. The largest absolute Gasteiger partial charge is 0.451 e. The maximum absolute atomic E-state index is 12.4. The molecule has 0 amide bonds. The van der Waals surface area contributed by atoms with Gasteiger partial charge in [0.2, 0.25) is 5.82 Å². The van der Waals surface area contributed by atoms with Crippen LogP contribution in [-0.4, -0.2) is 30.9 Å². The van der Waals surface area contributed by atoms with Crippen molar-refractivity contribution in [3.63, 3.8) is 0 Å². The van der Waals surface area contributed by atoms with Crippen LogP contribution in [0.15, 0.2) is 35.5 Å². The first kappa shape index (κ1) is 16.1. The molecule has 0 aliphatic rings. The summed E-state index contributed by atoms with van der Waals surface area (Å²) in [6, 6.07) is 3.73. The molecule has 0 unspecified atom stereocenters. The van der Waals surface area contributed by atoms with Crippen molar-refractivity contribution in [2.45, 2.75) is 11.1 Å². The smallest absolute Gasteiger partial charge is 0.298 e. The third kappa shape index (κ3) is 3.30. The number of nitrogens with zero attached hydrogens (tertiary/aromatic N) is 2. The van der Waals surface area contributed by atoms with Crippen molar-refractivity contribution in [1.29, 1.82) is 0 Å². The van der Waals surface area contributed by atoms with Gasteiger partial charge in [-0.15, -0.1) is 0 Å². The van der Waals surface area contributed by atoms with Crippen molar-refractivity contribution in [3.8, 4) is 11.1 Å². The third-order valence-electron chi connectivity index (χ3n) is 2.79. The Bertz CT molecular complexity index is 815. The number of hydrogen-bond acceptors (Lipinski definition) is 5. The van der Waals surface area contributed by atoms with Crippen molar-refractivity contribution >= 4 is 16.1 Å². The van der Waals surface area contributed by atoms with E-state index in [0.717, 1.165) is 24.7 Å². The summed E-state index contributed by atoms with van der Waals surface area (Å²) in [6.07, 6.45) is -1.40. The van der Waals surface area contributed by atoms with E-state index in [-0.39, 0.29) is 21.6 Å². The molecule has 0 spiro atoms. The van der Waals surface area contributed by atoms with Crippen LogP contribution in [0.1, 0.15) is 16.2 Å². The zero-order valence-electron chi connectivity index (χ0n) is 11.1. The topological polar surface area (TPSA) is 77.0 Å². The molecule has 0 atom stereocenters. The van der Waals surface area contributed by atoms with Gasteiger partial charge in [0, 0.05) is 29.8 Å². The number of hydrogen-bond donors (Lipinski definition) is 0. The van der Waals surface area contributed by atoms with Gasteiger partial charge in [-0.2, -0.15) is 13.2 Å². The highest BCUT2D eigenvalue weighted by Gasteiger charge is 2.34. The van der Waals surface area contributed by atoms with E-state index in [1.54, 1.807) is 0 Å². The molecule has 22 heavy (non-hydrogen) atoms. The number of halogens is 3. The highest BCUT2D eigenvalue weighted by molar-refractivity contribution is 7.90. The van der Waals surface area contributed by atoms with Crippen LogP contribution in [-0.2, 0) is 16.0 Å². The lowest BCUT2D eigenvalue weighted by Crippen LogP contribution is -2.10. The average molecular weight is 330 g/mol. The highest BCUT2D eigenvalue weighted by Crippen LogP contribution is 2.28. The molecule has 5 nitrogen and oxygen atoms in total. The second kappa shape index (κ2) is 5.48. The Morgan fingerprint density at radius 2 is 1.73 bits per heavy atom. The molecule has 1 aromatic carbocycles. The Kier molecular flexibility index (Phi) is 4.01. The highest BCUT2D eigenvalue weighted by atomic mass is 32.2. The molecule has 0 aliphatic heterocycles. The van der Waals surface area contributed by atoms with Crippen LogP contribution >= 0.6 is 0 Å². The molecule has 116 valence electrons. The number of aldehydes is 1. The van der Waals surface area contributed by atoms with Gasteiger partial charge in [-0.25, -0.2) is 18.4 Å². The predicted molar refractivity (Wildman–Crippen MR) is 71.0 cm³/mol. The van der Waals surface area contributed by atoms with Gasteiger partial charge in [0.05, 0.1) is 4.90 Å². The monoisotopic (exact) mass is 330 g/mol. The summed E-state index contributed by atoms with van der Waals surface area (Å²) in [5.41, 5.74) is 0.442. The fourth-order valence-electron chi connectivity index (χ4n) is 1.75. The maximum Gasteiger partial charge on any atom is 0.451 e. The summed E-state index contributed by atoms with van der Waals surface area (Å²) in [4.78, 5) is 17.4. The van der Waals surface area contributed by atoms with Crippen molar-refractivity contribution in [2.24, 2.45) is 0 Å². The molecular formula is C13H9F3N2O3S. The van der Waals surface area contributed by atoms with E-state index in [0.29, 0.717) is 6.29 Å². The van der Waals surface area contributed by atoms with Crippen molar-refractivity contribution < 1.29 is 26.4 Å². The number of alkyl halides is 3. The molecule has 2 aromatic rings. The number of benzene rings is 1. The minimum Gasteiger partial charge on any atom is -0.298 e. The Morgan fingerprint density at radius 1 is 1.14 bits per heavy atom. The van der Waals surface area contributed by atoms with Gasteiger partial charge < -0.3 is 0 Å². The molecule has 2 rings (SSSR count). The molecule has 0 saturated carbocycles. The number of aromatic nitrogens is 2. The molecular weight excluding hydrogens is 321 g/mol. The summed E-state index contributed by atoms with van der Waals surface area (Å²) < 4.78 is 60.1. The quantitative estimate of drug-likeness (QED) is 0.808. The van der Waals surface area contributed by atoms with E-state index in [1.807, 2.05) is 0 Å². The van der Waals surface area contributed by atoms with Crippen molar-refractivity contribution in [1.82, 2.24) is 9.97 Å². The SMILES string of the molecule is CS(=O)(=O)c1ccc(-c2cnc(C(F)(F)F)nc2)c(C=O)c1. The standard InChI is InChI=1S/C13H9F3N2O3S/c1-22(20,21)10-2-3-11(8(4-10)7-19)9-5-17-12(18-6-9)13(14,15)16/h2-7H,1H3. The van der Waals surface area contributed by atoms with Gasteiger partial charge in [-0.1, -0.05) is 6.07 Å². The summed E-state index contributed by atoms with van der Waals surface area (Å²) in [5, 5.41) is 0. The van der Waals surface area contributed by atoms with E-state index in [2.05, 4.69) is 9.97 Å². The number of sulfone groups is 1. The van der Waals surface area contributed by atoms with Gasteiger partial charge in [-0.3, -0.25) is 4.79 Å². The lowest BCUT2D eigenvalue weighted by Gasteiger charge is -2.08. The first-order valence-electron chi connectivity index (χ1n) is 5.82. The molecule has 9 heteroatoms. The van der Waals surface area contributed by atoms with Crippen molar-refractivity contribution in [2.75, 3.05) is 6.26 Å². The molecule has 1 heterocycles. The van der Waals surface area contributed by atoms with Gasteiger partial charge in [0.15, 0.2) is 16.1 Å². The van der Waals surface area contributed by atoms with E-state index in [9.17, 15) is 26.4 Å². The Hall–Kier alpha value is -2.29. The van der Waals surface area contributed by atoms with Gasteiger partial charge >= 0.3 is 6.18 Å². The second-order valence-corrected chi connectivity index (χ2v) is 6.45. The van der Waals surface area contributed by atoms with E-state index in [1.165, 1.54) is 12.1 Å². The van der Waals surface area contributed by atoms with Crippen LogP contribution in [0.4, 0.5) is 13.2 Å². The lowest BCUT2D eigenvalue weighted by atomic mass is 10.0. The van der Waals surface area contributed by atoms with Crippen LogP contribution in [0.5, 0.6) is 0 Å². The third-order valence-corrected chi connectivity index (χ3v) is 3.90. The summed E-state index contributed by atoms with van der Waals surface area (Å²) in [5.74, 6) is -1.29. The van der Waals surface area contributed by atoms with Crippen LogP contribution in [0.3, 0.4) is 0 Å². The van der Waals surface area contributed by atoms with Gasteiger partial charge in [-0.05, 0) is 17.7 Å². The molecule has 0 saturated heterocycles.